The fraction of sp³-hybridized carbons (Fsp3) is 0.0833. The van der Waals surface area contributed by atoms with Crippen LogP contribution in [0.3, 0.4) is 0 Å². The first-order valence-corrected chi connectivity index (χ1v) is 7.11. The summed E-state index contributed by atoms with van der Waals surface area (Å²) < 4.78 is 0. The molecule has 2 aromatic rings. The van der Waals surface area contributed by atoms with Crippen molar-refractivity contribution in [2.24, 2.45) is 0 Å². The standard InChI is InChI=1S/C12H12ClN5O2S/c13-6-1-2-7(8(19)3-6)16-11(20)5-21-12-17-9(14)4-10(15)18-12/h1-4,19H,5H2,(H,16,20)(H4,14,15,17,18). The third-order valence-corrected chi connectivity index (χ3v) is 3.39. The van der Waals surface area contributed by atoms with Crippen LogP contribution in [0.1, 0.15) is 0 Å². The minimum Gasteiger partial charge on any atom is -0.506 e. The van der Waals surface area contributed by atoms with Gasteiger partial charge in [0, 0.05) is 17.2 Å². The Balaban J connectivity index is 1.95. The van der Waals surface area contributed by atoms with Crippen LogP contribution in [0.2, 0.25) is 5.02 Å². The normalized spacial score (nSPS) is 10.3. The van der Waals surface area contributed by atoms with E-state index in [9.17, 15) is 9.90 Å². The van der Waals surface area contributed by atoms with E-state index in [0.717, 1.165) is 11.8 Å². The Morgan fingerprint density at radius 1 is 1.29 bits per heavy atom. The van der Waals surface area contributed by atoms with E-state index < -0.39 is 0 Å². The molecule has 1 aromatic heterocycles. The number of aromatic nitrogens is 2. The van der Waals surface area contributed by atoms with E-state index in [1.54, 1.807) is 6.07 Å². The van der Waals surface area contributed by atoms with Crippen molar-refractivity contribution in [3.63, 3.8) is 0 Å². The number of amides is 1. The molecule has 110 valence electrons. The van der Waals surface area contributed by atoms with E-state index in [-0.39, 0.29) is 34.7 Å². The second kappa shape index (κ2) is 6.51. The average Bonchev–Trinajstić information content (AvgIpc) is 2.39. The Labute approximate surface area is 129 Å². The molecule has 0 saturated heterocycles. The number of nitrogens with one attached hydrogen (secondary N) is 1. The Morgan fingerprint density at radius 3 is 2.57 bits per heavy atom. The van der Waals surface area contributed by atoms with Gasteiger partial charge in [-0.2, -0.15) is 0 Å². The first-order chi connectivity index (χ1) is 9.94. The lowest BCUT2D eigenvalue weighted by molar-refractivity contribution is -0.113. The van der Waals surface area contributed by atoms with Gasteiger partial charge in [-0.15, -0.1) is 0 Å². The molecular weight excluding hydrogens is 314 g/mol. The van der Waals surface area contributed by atoms with Crippen LogP contribution in [0.15, 0.2) is 29.4 Å². The van der Waals surface area contributed by atoms with Gasteiger partial charge in [-0.25, -0.2) is 9.97 Å². The zero-order chi connectivity index (χ0) is 15.4. The highest BCUT2D eigenvalue weighted by molar-refractivity contribution is 7.99. The Bertz CT molecular complexity index is 662. The van der Waals surface area contributed by atoms with Gasteiger partial charge in [-0.3, -0.25) is 4.79 Å². The van der Waals surface area contributed by atoms with Crippen molar-refractivity contribution in [1.82, 2.24) is 9.97 Å². The van der Waals surface area contributed by atoms with Gasteiger partial charge in [-0.1, -0.05) is 23.4 Å². The Kier molecular flexibility index (Phi) is 4.71. The molecule has 0 aliphatic heterocycles. The number of aromatic hydroxyl groups is 1. The number of phenols is 1. The van der Waals surface area contributed by atoms with E-state index in [2.05, 4.69) is 15.3 Å². The van der Waals surface area contributed by atoms with Gasteiger partial charge in [0.05, 0.1) is 11.4 Å². The molecule has 1 heterocycles. The highest BCUT2D eigenvalue weighted by Gasteiger charge is 2.09. The third-order valence-electron chi connectivity index (χ3n) is 2.31. The van der Waals surface area contributed by atoms with Gasteiger partial charge >= 0.3 is 0 Å². The molecule has 21 heavy (non-hydrogen) atoms. The molecule has 6 N–H and O–H groups in total. The van der Waals surface area contributed by atoms with Crippen LogP contribution in [-0.2, 0) is 4.79 Å². The Hall–Kier alpha value is -2.19. The summed E-state index contributed by atoms with van der Waals surface area (Å²) in [4.78, 5) is 19.7. The van der Waals surface area contributed by atoms with Crippen LogP contribution < -0.4 is 16.8 Å². The lowest BCUT2D eigenvalue weighted by Crippen LogP contribution is -2.14. The van der Waals surface area contributed by atoms with Gasteiger partial charge in [0.2, 0.25) is 5.91 Å². The van der Waals surface area contributed by atoms with Gasteiger partial charge in [0.25, 0.3) is 0 Å². The van der Waals surface area contributed by atoms with Gasteiger partial charge in [-0.05, 0) is 12.1 Å². The zero-order valence-corrected chi connectivity index (χ0v) is 12.3. The summed E-state index contributed by atoms with van der Waals surface area (Å²) in [5, 5.41) is 12.9. The van der Waals surface area contributed by atoms with Crippen LogP contribution in [0.25, 0.3) is 0 Å². The van der Waals surface area contributed by atoms with Crippen LogP contribution in [0, 0.1) is 0 Å². The van der Waals surface area contributed by atoms with Crippen LogP contribution in [0.4, 0.5) is 17.3 Å². The predicted octanol–water partition coefficient (Wildman–Crippen LogP) is 1.73. The van der Waals surface area contributed by atoms with Crippen LogP contribution >= 0.6 is 23.4 Å². The number of hydrogen-bond donors (Lipinski definition) is 4. The number of thioether (sulfide) groups is 1. The minimum atomic E-state index is -0.331. The number of nitrogens with two attached hydrogens (primary N) is 2. The van der Waals surface area contributed by atoms with Crippen LogP contribution in [-0.4, -0.2) is 26.7 Å². The number of phenolic OH excluding ortho intramolecular Hbond substituents is 1. The van der Waals surface area contributed by atoms with E-state index in [4.69, 9.17) is 23.1 Å². The lowest BCUT2D eigenvalue weighted by Gasteiger charge is -2.07. The molecule has 0 aliphatic carbocycles. The minimum absolute atomic E-state index is 0.0466. The molecule has 0 aliphatic rings. The first-order valence-electron chi connectivity index (χ1n) is 5.75. The fourth-order valence-electron chi connectivity index (χ4n) is 1.45. The number of halogens is 1. The predicted molar refractivity (Wildman–Crippen MR) is 83.3 cm³/mol. The smallest absolute Gasteiger partial charge is 0.234 e. The number of nitrogens with zero attached hydrogens (tertiary/aromatic N) is 2. The van der Waals surface area contributed by atoms with E-state index in [0.29, 0.717) is 10.2 Å². The molecule has 0 bridgehead atoms. The summed E-state index contributed by atoms with van der Waals surface area (Å²) in [6, 6.07) is 5.84. The molecule has 7 nitrogen and oxygen atoms in total. The number of benzene rings is 1. The summed E-state index contributed by atoms with van der Waals surface area (Å²) in [7, 11) is 0. The molecule has 0 spiro atoms. The molecule has 0 unspecified atom stereocenters. The molecule has 0 radical (unpaired) electrons. The van der Waals surface area contributed by atoms with E-state index >= 15 is 0 Å². The molecule has 0 fully saturated rings. The van der Waals surface area contributed by atoms with Crippen molar-refractivity contribution in [2.75, 3.05) is 22.5 Å². The van der Waals surface area contributed by atoms with Crippen molar-refractivity contribution >= 4 is 46.6 Å². The summed E-state index contributed by atoms with van der Waals surface area (Å²) in [6.45, 7) is 0. The summed E-state index contributed by atoms with van der Waals surface area (Å²) >= 11 is 6.79. The third kappa shape index (κ3) is 4.40. The second-order valence-electron chi connectivity index (χ2n) is 4.00. The number of carbonyl (C=O) groups excluding carboxylic acids is 1. The number of carbonyl (C=O) groups is 1. The molecular formula is C12H12ClN5O2S. The first kappa shape index (κ1) is 15.2. The van der Waals surface area contributed by atoms with Crippen molar-refractivity contribution in [3.05, 3.63) is 29.3 Å². The van der Waals surface area contributed by atoms with E-state index in [1.807, 2.05) is 0 Å². The Morgan fingerprint density at radius 2 is 1.95 bits per heavy atom. The second-order valence-corrected chi connectivity index (χ2v) is 5.38. The van der Waals surface area contributed by atoms with Crippen molar-refractivity contribution < 1.29 is 9.90 Å². The largest absolute Gasteiger partial charge is 0.506 e. The molecule has 2 rings (SSSR count). The summed E-state index contributed by atoms with van der Waals surface area (Å²) in [5.74, 6) is 0.0827. The SMILES string of the molecule is Nc1cc(N)nc(SCC(=O)Nc2ccc(Cl)cc2O)n1. The van der Waals surface area contributed by atoms with Gasteiger partial charge in [0.1, 0.15) is 17.4 Å². The molecule has 0 saturated carbocycles. The zero-order valence-electron chi connectivity index (χ0n) is 10.7. The maximum absolute atomic E-state index is 11.8. The number of rotatable bonds is 4. The fourth-order valence-corrected chi connectivity index (χ4v) is 2.29. The average molecular weight is 326 g/mol. The van der Waals surface area contributed by atoms with Crippen molar-refractivity contribution in [2.45, 2.75) is 5.16 Å². The lowest BCUT2D eigenvalue weighted by atomic mass is 10.3. The van der Waals surface area contributed by atoms with Gasteiger partial charge in [0.15, 0.2) is 5.16 Å². The number of hydrogen-bond acceptors (Lipinski definition) is 7. The highest BCUT2D eigenvalue weighted by Crippen LogP contribution is 2.27. The molecule has 1 amide bonds. The van der Waals surface area contributed by atoms with E-state index in [1.165, 1.54) is 18.2 Å². The topological polar surface area (TPSA) is 127 Å². The maximum Gasteiger partial charge on any atom is 0.234 e. The van der Waals surface area contributed by atoms with Crippen molar-refractivity contribution in [1.29, 1.82) is 0 Å². The number of nitrogen functional groups attached to an aromatic ring is 2. The molecule has 0 atom stereocenters. The molecule has 1 aromatic carbocycles. The maximum atomic E-state index is 11.8. The molecule has 9 heteroatoms. The quantitative estimate of drug-likeness (QED) is 0.383. The highest BCUT2D eigenvalue weighted by atomic mass is 35.5. The number of anilines is 3. The van der Waals surface area contributed by atoms with Crippen molar-refractivity contribution in [3.8, 4) is 5.75 Å². The van der Waals surface area contributed by atoms with Crippen LogP contribution in [0.5, 0.6) is 5.75 Å². The van der Waals surface area contributed by atoms with Gasteiger partial charge < -0.3 is 21.9 Å². The monoisotopic (exact) mass is 325 g/mol. The summed E-state index contributed by atoms with van der Waals surface area (Å²) in [6.07, 6.45) is 0. The summed E-state index contributed by atoms with van der Waals surface area (Å²) in [5.41, 5.74) is 11.3.